The normalized spacial score (nSPS) is 15.1. The minimum atomic E-state index is 0.422. The quantitative estimate of drug-likeness (QED) is 0.900. The Morgan fingerprint density at radius 2 is 2.29 bits per heavy atom. The first-order chi connectivity index (χ1) is 6.70. The first kappa shape index (κ1) is 11.6. The molecule has 1 heterocycles. The van der Waals surface area contributed by atoms with Crippen molar-refractivity contribution in [1.82, 2.24) is 15.3 Å². The van der Waals surface area contributed by atoms with Gasteiger partial charge < -0.3 is 5.32 Å². The van der Waals surface area contributed by atoms with Gasteiger partial charge in [0, 0.05) is 18.2 Å². The van der Waals surface area contributed by atoms with Crippen molar-refractivity contribution in [3.63, 3.8) is 0 Å². The fourth-order valence-corrected chi connectivity index (χ4v) is 2.09. The maximum Gasteiger partial charge on any atom is 0.115 e. The Labute approximate surface area is 93.5 Å². The molecule has 78 valence electrons. The lowest BCUT2D eigenvalue weighted by Gasteiger charge is -2.22. The van der Waals surface area contributed by atoms with Crippen LogP contribution in [0.5, 0.6) is 0 Å². The molecule has 2 atom stereocenters. The van der Waals surface area contributed by atoms with Crippen molar-refractivity contribution in [1.29, 1.82) is 0 Å². The molecule has 2 unspecified atom stereocenters. The van der Waals surface area contributed by atoms with Gasteiger partial charge in [-0.2, -0.15) is 0 Å². The fourth-order valence-electron chi connectivity index (χ4n) is 1.58. The van der Waals surface area contributed by atoms with Crippen LogP contribution in [-0.4, -0.2) is 23.1 Å². The Balaban J connectivity index is 2.94. The monoisotopic (exact) mass is 257 g/mol. The molecule has 0 saturated carbocycles. The molecule has 0 aliphatic carbocycles. The van der Waals surface area contributed by atoms with Crippen molar-refractivity contribution >= 4 is 15.9 Å². The van der Waals surface area contributed by atoms with Gasteiger partial charge in [-0.25, -0.2) is 9.97 Å². The molecule has 0 aliphatic heterocycles. The number of hydrogen-bond acceptors (Lipinski definition) is 3. The summed E-state index contributed by atoms with van der Waals surface area (Å²) in [4.78, 5) is 8.29. The first-order valence-electron chi connectivity index (χ1n) is 4.83. The van der Waals surface area contributed by atoms with Gasteiger partial charge in [0.25, 0.3) is 0 Å². The summed E-state index contributed by atoms with van der Waals surface area (Å²) < 4.78 is 0.994. The van der Waals surface area contributed by atoms with Crippen molar-refractivity contribution in [3.8, 4) is 0 Å². The molecule has 4 heteroatoms. The molecule has 0 spiro atoms. The largest absolute Gasteiger partial charge is 0.317 e. The second-order valence-electron chi connectivity index (χ2n) is 3.35. The van der Waals surface area contributed by atoms with Crippen LogP contribution in [0.15, 0.2) is 17.0 Å². The standard InChI is InChI=1S/C10H16BrN3/c1-4-8(7(2)12-3)10-9(11)5-13-6-14-10/h5-8,12H,4H2,1-3H3. The molecule has 0 amide bonds. The molecule has 0 aliphatic rings. The summed E-state index contributed by atoms with van der Waals surface area (Å²) in [6.45, 7) is 4.34. The Morgan fingerprint density at radius 3 is 2.79 bits per heavy atom. The Morgan fingerprint density at radius 1 is 1.57 bits per heavy atom. The molecule has 0 saturated heterocycles. The van der Waals surface area contributed by atoms with E-state index >= 15 is 0 Å². The van der Waals surface area contributed by atoms with E-state index in [1.54, 1.807) is 12.5 Å². The highest BCUT2D eigenvalue weighted by atomic mass is 79.9. The third-order valence-electron chi connectivity index (χ3n) is 2.55. The van der Waals surface area contributed by atoms with E-state index in [-0.39, 0.29) is 0 Å². The van der Waals surface area contributed by atoms with Crippen molar-refractivity contribution in [2.24, 2.45) is 0 Å². The van der Waals surface area contributed by atoms with Crippen LogP contribution in [0.25, 0.3) is 0 Å². The lowest BCUT2D eigenvalue weighted by molar-refractivity contribution is 0.472. The first-order valence-corrected chi connectivity index (χ1v) is 5.62. The second kappa shape index (κ2) is 5.41. The summed E-state index contributed by atoms with van der Waals surface area (Å²) in [7, 11) is 1.97. The van der Waals surface area contributed by atoms with Gasteiger partial charge in [0.1, 0.15) is 6.33 Å². The minimum Gasteiger partial charge on any atom is -0.317 e. The van der Waals surface area contributed by atoms with Gasteiger partial charge in [0.15, 0.2) is 0 Å². The van der Waals surface area contributed by atoms with Crippen LogP contribution in [0, 0.1) is 0 Å². The summed E-state index contributed by atoms with van der Waals surface area (Å²) in [6.07, 6.45) is 4.47. The summed E-state index contributed by atoms with van der Waals surface area (Å²) in [5, 5.41) is 3.26. The van der Waals surface area contributed by atoms with Crippen molar-refractivity contribution in [2.75, 3.05) is 7.05 Å². The highest BCUT2D eigenvalue weighted by molar-refractivity contribution is 9.10. The van der Waals surface area contributed by atoms with Crippen molar-refractivity contribution in [3.05, 3.63) is 22.7 Å². The number of halogens is 1. The summed E-state index contributed by atoms with van der Waals surface area (Å²) in [6, 6.07) is 0.422. The molecule has 1 rings (SSSR count). The van der Waals surface area contributed by atoms with Gasteiger partial charge in [0.2, 0.25) is 0 Å². The molecule has 14 heavy (non-hydrogen) atoms. The number of hydrogen-bond donors (Lipinski definition) is 1. The van der Waals surface area contributed by atoms with Gasteiger partial charge in [0.05, 0.1) is 10.2 Å². The van der Waals surface area contributed by atoms with Crippen LogP contribution in [0.2, 0.25) is 0 Å². The van der Waals surface area contributed by atoms with Gasteiger partial charge >= 0.3 is 0 Å². The maximum absolute atomic E-state index is 4.32. The molecule has 1 N–H and O–H groups in total. The van der Waals surface area contributed by atoms with Gasteiger partial charge in [-0.05, 0) is 36.3 Å². The number of nitrogens with zero attached hydrogens (tertiary/aromatic N) is 2. The van der Waals surface area contributed by atoms with E-state index in [4.69, 9.17) is 0 Å². The van der Waals surface area contributed by atoms with E-state index in [1.807, 2.05) is 7.05 Å². The van der Waals surface area contributed by atoms with E-state index in [0.29, 0.717) is 12.0 Å². The van der Waals surface area contributed by atoms with Crippen LogP contribution in [-0.2, 0) is 0 Å². The van der Waals surface area contributed by atoms with Crippen LogP contribution in [0.4, 0.5) is 0 Å². The predicted octanol–water partition coefficient (Wildman–Crippen LogP) is 2.34. The Bertz CT molecular complexity index is 290. The highest BCUT2D eigenvalue weighted by Gasteiger charge is 2.19. The topological polar surface area (TPSA) is 37.8 Å². The Hall–Kier alpha value is -0.480. The van der Waals surface area contributed by atoms with Crippen LogP contribution in [0.1, 0.15) is 31.9 Å². The third-order valence-corrected chi connectivity index (χ3v) is 3.16. The molecular weight excluding hydrogens is 242 g/mol. The smallest absolute Gasteiger partial charge is 0.115 e. The number of rotatable bonds is 4. The molecule has 1 aromatic rings. The molecule has 0 aromatic carbocycles. The molecule has 1 aromatic heterocycles. The van der Waals surface area contributed by atoms with Crippen molar-refractivity contribution < 1.29 is 0 Å². The van der Waals surface area contributed by atoms with Gasteiger partial charge in [-0.1, -0.05) is 6.92 Å². The Kier molecular flexibility index (Phi) is 4.48. The third kappa shape index (κ3) is 2.51. The average molecular weight is 258 g/mol. The minimum absolute atomic E-state index is 0.422. The lowest BCUT2D eigenvalue weighted by atomic mass is 9.94. The molecular formula is C10H16BrN3. The van der Waals surface area contributed by atoms with Gasteiger partial charge in [-0.3, -0.25) is 0 Å². The number of aromatic nitrogens is 2. The van der Waals surface area contributed by atoms with Crippen LogP contribution >= 0.6 is 15.9 Å². The van der Waals surface area contributed by atoms with Gasteiger partial charge in [-0.15, -0.1) is 0 Å². The zero-order chi connectivity index (χ0) is 10.6. The molecule has 0 fully saturated rings. The second-order valence-corrected chi connectivity index (χ2v) is 4.20. The zero-order valence-corrected chi connectivity index (χ0v) is 10.4. The maximum atomic E-state index is 4.32. The van der Waals surface area contributed by atoms with Crippen molar-refractivity contribution in [2.45, 2.75) is 32.2 Å². The summed E-state index contributed by atoms with van der Waals surface area (Å²) >= 11 is 3.48. The number of nitrogens with one attached hydrogen (secondary N) is 1. The van der Waals surface area contributed by atoms with Crippen LogP contribution in [0.3, 0.4) is 0 Å². The van der Waals surface area contributed by atoms with Crippen LogP contribution < -0.4 is 5.32 Å². The lowest BCUT2D eigenvalue weighted by Crippen LogP contribution is -2.29. The molecule has 3 nitrogen and oxygen atoms in total. The fraction of sp³-hybridized carbons (Fsp3) is 0.600. The van der Waals surface area contributed by atoms with E-state index in [0.717, 1.165) is 16.6 Å². The summed E-state index contributed by atoms with van der Waals surface area (Å²) in [5.74, 6) is 0.428. The van der Waals surface area contributed by atoms with E-state index < -0.39 is 0 Å². The molecule has 0 radical (unpaired) electrons. The average Bonchev–Trinajstić information content (AvgIpc) is 2.21. The van der Waals surface area contributed by atoms with E-state index in [2.05, 4.69) is 45.1 Å². The molecule has 0 bridgehead atoms. The SMILES string of the molecule is CCC(c1ncncc1Br)C(C)NC. The van der Waals surface area contributed by atoms with E-state index in [1.165, 1.54) is 0 Å². The zero-order valence-electron chi connectivity index (χ0n) is 8.79. The predicted molar refractivity (Wildman–Crippen MR) is 61.3 cm³/mol. The number of likely N-dealkylation sites (N-methyl/N-ethyl adjacent to an activating group) is 1. The highest BCUT2D eigenvalue weighted by Crippen LogP contribution is 2.26. The summed E-state index contributed by atoms with van der Waals surface area (Å²) in [5.41, 5.74) is 1.09. The van der Waals surface area contributed by atoms with E-state index in [9.17, 15) is 0 Å².